The SMILES string of the molecule is CC(=O)Nc1cccc(NC(=O)c2cnc3c(c2)c(=O)[nH]c(=O)n3C2CC2)c1. The molecule has 28 heavy (non-hydrogen) atoms. The fourth-order valence-corrected chi connectivity index (χ4v) is 3.01. The first-order chi connectivity index (χ1) is 13.4. The van der Waals surface area contributed by atoms with Crippen LogP contribution in [0.2, 0.25) is 0 Å². The summed E-state index contributed by atoms with van der Waals surface area (Å²) in [4.78, 5) is 54.5. The summed E-state index contributed by atoms with van der Waals surface area (Å²) >= 11 is 0. The van der Waals surface area contributed by atoms with Gasteiger partial charge in [0.05, 0.1) is 10.9 Å². The lowest BCUT2D eigenvalue weighted by Crippen LogP contribution is -2.30. The van der Waals surface area contributed by atoms with Crippen molar-refractivity contribution >= 4 is 34.2 Å². The van der Waals surface area contributed by atoms with Gasteiger partial charge in [-0.25, -0.2) is 9.78 Å². The number of nitrogens with zero attached hydrogens (tertiary/aromatic N) is 2. The van der Waals surface area contributed by atoms with E-state index in [1.165, 1.54) is 23.8 Å². The number of benzene rings is 1. The molecule has 9 heteroatoms. The van der Waals surface area contributed by atoms with E-state index in [1.54, 1.807) is 24.3 Å². The largest absolute Gasteiger partial charge is 0.330 e. The minimum atomic E-state index is -0.577. The number of pyridine rings is 1. The third-order valence-electron chi connectivity index (χ3n) is 4.39. The highest BCUT2D eigenvalue weighted by Gasteiger charge is 2.27. The van der Waals surface area contributed by atoms with Crippen molar-refractivity contribution in [3.05, 3.63) is 62.9 Å². The molecule has 9 nitrogen and oxygen atoms in total. The summed E-state index contributed by atoms with van der Waals surface area (Å²) in [6.45, 7) is 1.39. The fraction of sp³-hybridized carbons (Fsp3) is 0.211. The molecule has 0 unspecified atom stereocenters. The predicted molar refractivity (Wildman–Crippen MR) is 104 cm³/mol. The first kappa shape index (κ1) is 17.7. The van der Waals surface area contributed by atoms with Gasteiger partial charge in [0.25, 0.3) is 11.5 Å². The van der Waals surface area contributed by atoms with Gasteiger partial charge in [-0.1, -0.05) is 6.07 Å². The van der Waals surface area contributed by atoms with Crippen LogP contribution in [-0.4, -0.2) is 26.3 Å². The van der Waals surface area contributed by atoms with E-state index in [9.17, 15) is 19.2 Å². The molecule has 0 radical (unpaired) electrons. The molecule has 0 aliphatic heterocycles. The van der Waals surface area contributed by atoms with E-state index in [0.29, 0.717) is 11.4 Å². The Morgan fingerprint density at radius 2 is 1.86 bits per heavy atom. The van der Waals surface area contributed by atoms with Gasteiger partial charge in [0.2, 0.25) is 5.91 Å². The second kappa shape index (κ2) is 6.76. The van der Waals surface area contributed by atoms with Crippen molar-refractivity contribution < 1.29 is 9.59 Å². The fourth-order valence-electron chi connectivity index (χ4n) is 3.01. The normalized spacial score (nSPS) is 13.3. The molecule has 142 valence electrons. The van der Waals surface area contributed by atoms with E-state index in [2.05, 4.69) is 20.6 Å². The molecule has 3 aromatic rings. The summed E-state index contributed by atoms with van der Waals surface area (Å²) in [5.41, 5.74) is 0.426. The van der Waals surface area contributed by atoms with Gasteiger partial charge in [0.1, 0.15) is 5.65 Å². The van der Waals surface area contributed by atoms with Crippen molar-refractivity contribution in [2.75, 3.05) is 10.6 Å². The number of aromatic nitrogens is 3. The molecule has 2 amide bonds. The number of amides is 2. The lowest BCUT2D eigenvalue weighted by atomic mass is 10.2. The van der Waals surface area contributed by atoms with E-state index < -0.39 is 17.2 Å². The Balaban J connectivity index is 1.66. The number of H-pyrrole nitrogens is 1. The molecule has 0 bridgehead atoms. The molecule has 1 aromatic carbocycles. The molecule has 0 spiro atoms. The number of hydrogen-bond acceptors (Lipinski definition) is 5. The lowest BCUT2D eigenvalue weighted by Gasteiger charge is -2.10. The molecule has 2 heterocycles. The van der Waals surface area contributed by atoms with Crippen molar-refractivity contribution in [1.29, 1.82) is 0 Å². The van der Waals surface area contributed by atoms with Crippen LogP contribution in [0.1, 0.15) is 36.2 Å². The Hall–Kier alpha value is -3.75. The van der Waals surface area contributed by atoms with Crippen LogP contribution in [0.4, 0.5) is 11.4 Å². The van der Waals surface area contributed by atoms with Gasteiger partial charge in [-0.3, -0.25) is 23.9 Å². The summed E-state index contributed by atoms with van der Waals surface area (Å²) in [6, 6.07) is 8.15. The number of nitrogens with one attached hydrogen (secondary N) is 3. The summed E-state index contributed by atoms with van der Waals surface area (Å²) in [7, 11) is 0. The van der Waals surface area contributed by atoms with Crippen molar-refractivity contribution in [3.63, 3.8) is 0 Å². The Kier molecular flexibility index (Phi) is 4.26. The molecule has 3 N–H and O–H groups in total. The second-order valence-electron chi connectivity index (χ2n) is 6.67. The zero-order valence-corrected chi connectivity index (χ0v) is 15.0. The Bertz CT molecular complexity index is 1220. The number of hydrogen-bond donors (Lipinski definition) is 3. The molecule has 1 aliphatic rings. The van der Waals surface area contributed by atoms with Crippen LogP contribution >= 0.6 is 0 Å². The van der Waals surface area contributed by atoms with E-state index in [-0.39, 0.29) is 28.5 Å². The van der Waals surface area contributed by atoms with Gasteiger partial charge in [-0.05, 0) is 37.1 Å². The van der Waals surface area contributed by atoms with Crippen molar-refractivity contribution in [1.82, 2.24) is 14.5 Å². The molecule has 0 atom stereocenters. The Morgan fingerprint density at radius 1 is 1.14 bits per heavy atom. The zero-order valence-electron chi connectivity index (χ0n) is 15.0. The highest BCUT2D eigenvalue weighted by Crippen LogP contribution is 2.34. The molecule has 1 saturated carbocycles. The van der Waals surface area contributed by atoms with Crippen LogP contribution in [0.25, 0.3) is 11.0 Å². The maximum Gasteiger partial charge on any atom is 0.330 e. The standard InChI is InChI=1S/C19H17N5O4/c1-10(25)21-12-3-2-4-13(8-12)22-17(26)11-7-15-16(20-9-11)24(14-5-6-14)19(28)23-18(15)27/h2-4,7-9,14H,5-6H2,1H3,(H,21,25)(H,22,26)(H,23,27,28). The molecule has 1 aliphatic carbocycles. The monoisotopic (exact) mass is 379 g/mol. The molecular formula is C19H17N5O4. The van der Waals surface area contributed by atoms with E-state index in [1.807, 2.05) is 0 Å². The number of aromatic amines is 1. The number of rotatable bonds is 4. The Morgan fingerprint density at radius 3 is 2.54 bits per heavy atom. The molecule has 2 aromatic heterocycles. The summed E-state index contributed by atoms with van der Waals surface area (Å²) < 4.78 is 1.47. The van der Waals surface area contributed by atoms with Gasteiger partial charge in [0.15, 0.2) is 0 Å². The maximum absolute atomic E-state index is 12.6. The first-order valence-electron chi connectivity index (χ1n) is 8.76. The summed E-state index contributed by atoms with van der Waals surface area (Å²) in [6.07, 6.45) is 3.05. The summed E-state index contributed by atoms with van der Waals surface area (Å²) in [5, 5.41) is 5.53. The van der Waals surface area contributed by atoms with E-state index in [4.69, 9.17) is 0 Å². The smallest absolute Gasteiger partial charge is 0.326 e. The highest BCUT2D eigenvalue weighted by molar-refractivity contribution is 6.06. The van der Waals surface area contributed by atoms with Crippen LogP contribution in [0.3, 0.4) is 0 Å². The number of carbonyl (C=O) groups excluding carboxylic acids is 2. The molecule has 1 fully saturated rings. The average molecular weight is 379 g/mol. The zero-order chi connectivity index (χ0) is 19.8. The Labute approximate surface area is 158 Å². The second-order valence-corrected chi connectivity index (χ2v) is 6.67. The predicted octanol–water partition coefficient (Wildman–Crippen LogP) is 1.63. The van der Waals surface area contributed by atoms with Crippen LogP contribution in [-0.2, 0) is 4.79 Å². The van der Waals surface area contributed by atoms with Crippen molar-refractivity contribution in [2.24, 2.45) is 0 Å². The van der Waals surface area contributed by atoms with Crippen LogP contribution in [0, 0.1) is 0 Å². The van der Waals surface area contributed by atoms with Gasteiger partial charge in [-0.15, -0.1) is 0 Å². The van der Waals surface area contributed by atoms with Crippen LogP contribution in [0.15, 0.2) is 46.1 Å². The molecular weight excluding hydrogens is 362 g/mol. The van der Waals surface area contributed by atoms with Gasteiger partial charge >= 0.3 is 5.69 Å². The van der Waals surface area contributed by atoms with Crippen LogP contribution < -0.4 is 21.9 Å². The van der Waals surface area contributed by atoms with Gasteiger partial charge in [-0.2, -0.15) is 0 Å². The highest BCUT2D eigenvalue weighted by atomic mass is 16.2. The number of anilines is 2. The molecule has 0 saturated heterocycles. The quantitative estimate of drug-likeness (QED) is 0.635. The van der Waals surface area contributed by atoms with Crippen molar-refractivity contribution in [3.8, 4) is 0 Å². The third-order valence-corrected chi connectivity index (χ3v) is 4.39. The topological polar surface area (TPSA) is 126 Å². The number of carbonyl (C=O) groups is 2. The minimum absolute atomic E-state index is 0.0375. The lowest BCUT2D eigenvalue weighted by molar-refractivity contribution is -0.114. The summed E-state index contributed by atoms with van der Waals surface area (Å²) in [5.74, 6) is -0.680. The van der Waals surface area contributed by atoms with E-state index >= 15 is 0 Å². The van der Waals surface area contributed by atoms with Crippen LogP contribution in [0.5, 0.6) is 0 Å². The van der Waals surface area contributed by atoms with E-state index in [0.717, 1.165) is 12.8 Å². The first-order valence-corrected chi connectivity index (χ1v) is 8.76. The minimum Gasteiger partial charge on any atom is -0.326 e. The molecule has 4 rings (SSSR count). The van der Waals surface area contributed by atoms with Gasteiger partial charge < -0.3 is 10.6 Å². The maximum atomic E-state index is 12.6. The van der Waals surface area contributed by atoms with Gasteiger partial charge in [0, 0.05) is 30.5 Å². The average Bonchev–Trinajstić information content (AvgIpc) is 3.46. The van der Waals surface area contributed by atoms with Crippen molar-refractivity contribution in [2.45, 2.75) is 25.8 Å². The number of fused-ring (bicyclic) bond motifs is 1. The third kappa shape index (κ3) is 3.41.